The minimum atomic E-state index is -0.323. The Balaban J connectivity index is 1.73. The molecular weight excluding hydrogens is 320 g/mol. The van der Waals surface area contributed by atoms with E-state index in [0.717, 1.165) is 32.4 Å². The van der Waals surface area contributed by atoms with Crippen LogP contribution >= 0.6 is 11.8 Å². The number of hydrogen-bond acceptors (Lipinski definition) is 5. The Labute approximate surface area is 142 Å². The highest BCUT2D eigenvalue weighted by Crippen LogP contribution is 2.29. The van der Waals surface area contributed by atoms with Gasteiger partial charge in [0.1, 0.15) is 16.9 Å². The van der Waals surface area contributed by atoms with Crippen molar-refractivity contribution in [3.63, 3.8) is 0 Å². The van der Waals surface area contributed by atoms with E-state index in [1.165, 1.54) is 0 Å². The zero-order valence-electron chi connectivity index (χ0n) is 13.0. The lowest BCUT2D eigenvalue weighted by molar-refractivity contribution is 0.559. The minimum Gasteiger partial charge on any atom is -0.423 e. The standard InChI is InChI=1S/C19H14N2O2S/c1-12-6-7-14-13(9-18(22)23-17(14)8-12)10-24-19-15-4-2-3-5-16(15)20-11-21-19/h2-9,11H,10H2,1H3. The predicted octanol–water partition coefficient (Wildman–Crippen LogP) is 4.34. The number of fused-ring (bicyclic) bond motifs is 2. The highest BCUT2D eigenvalue weighted by atomic mass is 32.2. The average Bonchev–Trinajstić information content (AvgIpc) is 2.59. The van der Waals surface area contributed by atoms with E-state index in [4.69, 9.17) is 4.42 Å². The summed E-state index contributed by atoms with van der Waals surface area (Å²) < 4.78 is 5.31. The van der Waals surface area contributed by atoms with E-state index in [1.807, 2.05) is 49.4 Å². The molecule has 0 bridgehead atoms. The van der Waals surface area contributed by atoms with E-state index < -0.39 is 0 Å². The Kier molecular flexibility index (Phi) is 3.78. The fraction of sp³-hybridized carbons (Fsp3) is 0.105. The van der Waals surface area contributed by atoms with Gasteiger partial charge in [-0.05, 0) is 30.2 Å². The van der Waals surface area contributed by atoms with Crippen molar-refractivity contribution in [2.24, 2.45) is 0 Å². The Morgan fingerprint density at radius 2 is 1.92 bits per heavy atom. The Morgan fingerprint density at radius 3 is 2.83 bits per heavy atom. The molecule has 0 unspecified atom stereocenters. The van der Waals surface area contributed by atoms with Gasteiger partial charge in [0.15, 0.2) is 0 Å². The van der Waals surface area contributed by atoms with Crippen LogP contribution in [0.25, 0.3) is 21.9 Å². The van der Waals surface area contributed by atoms with Gasteiger partial charge in [-0.25, -0.2) is 14.8 Å². The normalized spacial score (nSPS) is 11.2. The van der Waals surface area contributed by atoms with Crippen LogP contribution in [0, 0.1) is 6.92 Å². The average molecular weight is 334 g/mol. The fourth-order valence-electron chi connectivity index (χ4n) is 2.70. The molecule has 4 aromatic rings. The van der Waals surface area contributed by atoms with Gasteiger partial charge < -0.3 is 4.42 Å². The molecule has 0 N–H and O–H groups in total. The molecule has 0 aliphatic rings. The second-order valence-corrected chi connectivity index (χ2v) is 6.54. The summed E-state index contributed by atoms with van der Waals surface area (Å²) in [7, 11) is 0. The van der Waals surface area contributed by atoms with Crippen molar-refractivity contribution in [3.8, 4) is 0 Å². The Bertz CT molecular complexity index is 1100. The molecule has 0 saturated heterocycles. The zero-order chi connectivity index (χ0) is 16.5. The first-order chi connectivity index (χ1) is 11.7. The maximum absolute atomic E-state index is 11.8. The van der Waals surface area contributed by atoms with E-state index >= 15 is 0 Å². The number of aromatic nitrogens is 2. The second kappa shape index (κ2) is 6.09. The van der Waals surface area contributed by atoms with E-state index in [-0.39, 0.29) is 5.63 Å². The molecule has 0 amide bonds. The molecule has 0 saturated carbocycles. The van der Waals surface area contributed by atoms with Gasteiger partial charge in [-0.1, -0.05) is 30.3 Å². The Hall–Kier alpha value is -2.66. The molecule has 24 heavy (non-hydrogen) atoms. The molecule has 5 heteroatoms. The summed E-state index contributed by atoms with van der Waals surface area (Å²) in [5.41, 5.74) is 3.25. The third-order valence-electron chi connectivity index (χ3n) is 3.86. The summed E-state index contributed by atoms with van der Waals surface area (Å²) >= 11 is 1.60. The van der Waals surface area contributed by atoms with Crippen LogP contribution in [0.4, 0.5) is 0 Å². The zero-order valence-corrected chi connectivity index (χ0v) is 13.8. The number of para-hydroxylation sites is 1. The summed E-state index contributed by atoms with van der Waals surface area (Å²) in [5, 5.41) is 2.90. The molecule has 0 fully saturated rings. The van der Waals surface area contributed by atoms with E-state index in [2.05, 4.69) is 9.97 Å². The van der Waals surface area contributed by atoms with E-state index in [1.54, 1.807) is 24.2 Å². The number of hydrogen-bond donors (Lipinski definition) is 0. The molecule has 4 nitrogen and oxygen atoms in total. The van der Waals surface area contributed by atoms with Crippen LogP contribution in [0.15, 0.2) is 69.1 Å². The predicted molar refractivity (Wildman–Crippen MR) is 96.3 cm³/mol. The van der Waals surface area contributed by atoms with Crippen LogP contribution in [0.3, 0.4) is 0 Å². The van der Waals surface area contributed by atoms with E-state index in [0.29, 0.717) is 11.3 Å². The molecule has 4 rings (SSSR count). The van der Waals surface area contributed by atoms with Crippen molar-refractivity contribution in [1.29, 1.82) is 0 Å². The number of rotatable bonds is 3. The van der Waals surface area contributed by atoms with Crippen molar-refractivity contribution in [3.05, 3.63) is 76.4 Å². The molecule has 0 aliphatic carbocycles. The summed E-state index contributed by atoms with van der Waals surface area (Å²) in [6, 6.07) is 15.4. The monoisotopic (exact) mass is 334 g/mol. The van der Waals surface area contributed by atoms with Crippen molar-refractivity contribution in [1.82, 2.24) is 9.97 Å². The van der Waals surface area contributed by atoms with Gasteiger partial charge in [-0.2, -0.15) is 0 Å². The van der Waals surface area contributed by atoms with Gasteiger partial charge >= 0.3 is 5.63 Å². The molecule has 118 valence electrons. The molecule has 2 heterocycles. The van der Waals surface area contributed by atoms with Crippen molar-refractivity contribution >= 4 is 33.6 Å². The second-order valence-electron chi connectivity index (χ2n) is 5.57. The third-order valence-corrected chi connectivity index (χ3v) is 4.91. The van der Waals surface area contributed by atoms with Gasteiger partial charge in [-0.3, -0.25) is 0 Å². The first-order valence-corrected chi connectivity index (χ1v) is 8.55. The number of aryl methyl sites for hydroxylation is 1. The smallest absolute Gasteiger partial charge is 0.336 e. The first-order valence-electron chi connectivity index (χ1n) is 7.57. The van der Waals surface area contributed by atoms with Crippen LogP contribution in [-0.2, 0) is 5.75 Å². The van der Waals surface area contributed by atoms with Crippen LogP contribution in [0.1, 0.15) is 11.1 Å². The maximum atomic E-state index is 11.8. The van der Waals surface area contributed by atoms with Crippen molar-refractivity contribution < 1.29 is 4.42 Å². The summed E-state index contributed by atoms with van der Waals surface area (Å²) in [5.74, 6) is 0.645. The first kappa shape index (κ1) is 14.9. The lowest BCUT2D eigenvalue weighted by atomic mass is 10.1. The lowest BCUT2D eigenvalue weighted by Gasteiger charge is -2.07. The van der Waals surface area contributed by atoms with Gasteiger partial charge in [0.25, 0.3) is 0 Å². The van der Waals surface area contributed by atoms with Crippen LogP contribution in [0.2, 0.25) is 0 Å². The number of benzene rings is 2. The molecule has 0 aliphatic heterocycles. The van der Waals surface area contributed by atoms with Gasteiger partial charge in [0.2, 0.25) is 0 Å². The molecule has 2 aromatic carbocycles. The molecular formula is C19H14N2O2S. The summed E-state index contributed by atoms with van der Waals surface area (Å²) in [6.07, 6.45) is 1.57. The Morgan fingerprint density at radius 1 is 1.04 bits per heavy atom. The van der Waals surface area contributed by atoms with E-state index in [9.17, 15) is 4.79 Å². The fourth-order valence-corrected chi connectivity index (χ4v) is 3.68. The van der Waals surface area contributed by atoms with Crippen molar-refractivity contribution in [2.45, 2.75) is 17.7 Å². The molecule has 0 atom stereocenters. The summed E-state index contributed by atoms with van der Waals surface area (Å²) in [6.45, 7) is 1.98. The number of nitrogens with zero attached hydrogens (tertiary/aromatic N) is 2. The highest BCUT2D eigenvalue weighted by molar-refractivity contribution is 7.98. The summed E-state index contributed by atoms with van der Waals surface area (Å²) in [4.78, 5) is 20.5. The quantitative estimate of drug-likeness (QED) is 0.317. The lowest BCUT2D eigenvalue weighted by Crippen LogP contribution is -2.00. The van der Waals surface area contributed by atoms with Crippen LogP contribution in [-0.4, -0.2) is 9.97 Å². The third kappa shape index (κ3) is 2.78. The van der Waals surface area contributed by atoms with Crippen LogP contribution in [0.5, 0.6) is 0 Å². The molecule has 0 radical (unpaired) electrons. The molecule has 0 spiro atoms. The van der Waals surface area contributed by atoms with Gasteiger partial charge in [-0.15, -0.1) is 11.8 Å². The minimum absolute atomic E-state index is 0.323. The number of thioether (sulfide) groups is 1. The highest BCUT2D eigenvalue weighted by Gasteiger charge is 2.09. The van der Waals surface area contributed by atoms with Gasteiger partial charge in [0, 0.05) is 22.6 Å². The largest absolute Gasteiger partial charge is 0.423 e. The molecule has 2 aromatic heterocycles. The maximum Gasteiger partial charge on any atom is 0.336 e. The van der Waals surface area contributed by atoms with Crippen LogP contribution < -0.4 is 5.63 Å². The van der Waals surface area contributed by atoms with Crippen molar-refractivity contribution in [2.75, 3.05) is 0 Å². The van der Waals surface area contributed by atoms with Gasteiger partial charge in [0.05, 0.1) is 5.52 Å². The SMILES string of the molecule is Cc1ccc2c(CSc3ncnc4ccccc34)cc(=O)oc2c1. The topological polar surface area (TPSA) is 56.0 Å².